The Labute approximate surface area is 105 Å². The number of aromatic hydroxyl groups is 1. The van der Waals surface area contributed by atoms with Crippen LogP contribution in [0.3, 0.4) is 0 Å². The summed E-state index contributed by atoms with van der Waals surface area (Å²) >= 11 is 1.57. The third-order valence-electron chi connectivity index (χ3n) is 2.73. The van der Waals surface area contributed by atoms with Crippen molar-refractivity contribution in [3.05, 3.63) is 29.6 Å². The highest BCUT2D eigenvalue weighted by atomic mass is 32.2. The van der Waals surface area contributed by atoms with E-state index < -0.39 is 5.82 Å². The number of aliphatic hydroxyl groups is 1. The number of phenols is 1. The van der Waals surface area contributed by atoms with E-state index in [9.17, 15) is 9.50 Å². The molecule has 1 rings (SSSR count). The number of halogens is 1. The number of hydrogen-bond donors (Lipinski definition) is 3. The van der Waals surface area contributed by atoms with Crippen LogP contribution in [-0.4, -0.2) is 34.4 Å². The molecule has 0 spiro atoms. The van der Waals surface area contributed by atoms with Crippen LogP contribution in [0.2, 0.25) is 0 Å². The van der Waals surface area contributed by atoms with E-state index >= 15 is 0 Å². The lowest BCUT2D eigenvalue weighted by Crippen LogP contribution is -2.37. The predicted molar refractivity (Wildman–Crippen MR) is 68.8 cm³/mol. The number of rotatable bonds is 6. The SMILES string of the molecule is CSC(CO)C(C)NCc1cccc(F)c1O. The molecular weight excluding hydrogens is 241 g/mol. The van der Waals surface area contributed by atoms with E-state index in [1.807, 2.05) is 13.2 Å². The molecule has 3 nitrogen and oxygen atoms in total. The summed E-state index contributed by atoms with van der Waals surface area (Å²) in [4.78, 5) is 0. The molecule has 3 N–H and O–H groups in total. The van der Waals surface area contributed by atoms with Gasteiger partial charge in [-0.3, -0.25) is 0 Å². The molecule has 0 saturated carbocycles. The molecule has 0 heterocycles. The van der Waals surface area contributed by atoms with Gasteiger partial charge in [0.15, 0.2) is 11.6 Å². The van der Waals surface area contributed by atoms with Gasteiger partial charge in [-0.25, -0.2) is 4.39 Å². The third kappa shape index (κ3) is 3.87. The zero-order chi connectivity index (χ0) is 12.8. The highest BCUT2D eigenvalue weighted by Gasteiger charge is 2.15. The van der Waals surface area contributed by atoms with Crippen molar-refractivity contribution < 1.29 is 14.6 Å². The molecule has 0 fully saturated rings. The van der Waals surface area contributed by atoms with Gasteiger partial charge in [0, 0.05) is 23.4 Å². The monoisotopic (exact) mass is 259 g/mol. The molecule has 2 atom stereocenters. The van der Waals surface area contributed by atoms with Crippen LogP contribution in [0.5, 0.6) is 5.75 Å². The molecule has 1 aromatic rings. The largest absolute Gasteiger partial charge is 0.505 e. The van der Waals surface area contributed by atoms with E-state index in [1.165, 1.54) is 6.07 Å². The smallest absolute Gasteiger partial charge is 0.165 e. The Morgan fingerprint density at radius 3 is 2.76 bits per heavy atom. The van der Waals surface area contributed by atoms with Gasteiger partial charge in [0.05, 0.1) is 6.61 Å². The van der Waals surface area contributed by atoms with Crippen LogP contribution in [0.4, 0.5) is 4.39 Å². The van der Waals surface area contributed by atoms with Crippen molar-refractivity contribution in [3.8, 4) is 5.75 Å². The highest BCUT2D eigenvalue weighted by molar-refractivity contribution is 7.99. The van der Waals surface area contributed by atoms with Gasteiger partial charge < -0.3 is 15.5 Å². The first kappa shape index (κ1) is 14.3. The van der Waals surface area contributed by atoms with E-state index in [1.54, 1.807) is 23.9 Å². The summed E-state index contributed by atoms with van der Waals surface area (Å²) in [5.74, 6) is -0.919. The second kappa shape index (κ2) is 6.83. The summed E-state index contributed by atoms with van der Waals surface area (Å²) in [6.45, 7) is 2.42. The summed E-state index contributed by atoms with van der Waals surface area (Å²) in [5.41, 5.74) is 0.523. The van der Waals surface area contributed by atoms with Crippen molar-refractivity contribution in [1.82, 2.24) is 5.32 Å². The normalized spacial score (nSPS) is 14.6. The molecule has 0 bridgehead atoms. The Balaban J connectivity index is 2.58. The van der Waals surface area contributed by atoms with Crippen LogP contribution in [0.25, 0.3) is 0 Å². The number of benzene rings is 1. The van der Waals surface area contributed by atoms with Gasteiger partial charge >= 0.3 is 0 Å². The Morgan fingerprint density at radius 2 is 2.18 bits per heavy atom. The van der Waals surface area contributed by atoms with Gasteiger partial charge in [-0.2, -0.15) is 11.8 Å². The van der Waals surface area contributed by atoms with E-state index in [0.717, 1.165) is 0 Å². The fourth-order valence-electron chi connectivity index (χ4n) is 1.54. The average molecular weight is 259 g/mol. The molecule has 0 saturated heterocycles. The molecule has 0 radical (unpaired) electrons. The molecule has 0 aliphatic rings. The maximum atomic E-state index is 13.1. The first-order valence-corrected chi connectivity index (χ1v) is 6.72. The second-order valence-corrected chi connectivity index (χ2v) is 4.95. The van der Waals surface area contributed by atoms with Crippen LogP contribution < -0.4 is 5.32 Å². The van der Waals surface area contributed by atoms with E-state index in [2.05, 4.69) is 5.32 Å². The topological polar surface area (TPSA) is 52.5 Å². The number of aliphatic hydroxyl groups excluding tert-OH is 1. The average Bonchev–Trinajstić information content (AvgIpc) is 2.32. The molecule has 1 aromatic carbocycles. The maximum absolute atomic E-state index is 13.1. The van der Waals surface area contributed by atoms with E-state index in [4.69, 9.17) is 5.11 Å². The zero-order valence-electron chi connectivity index (χ0n) is 9.98. The molecule has 0 aliphatic heterocycles. The van der Waals surface area contributed by atoms with E-state index in [0.29, 0.717) is 12.1 Å². The molecular formula is C12H18FNO2S. The van der Waals surface area contributed by atoms with Crippen LogP contribution in [0, 0.1) is 5.82 Å². The minimum Gasteiger partial charge on any atom is -0.505 e. The zero-order valence-corrected chi connectivity index (χ0v) is 10.8. The van der Waals surface area contributed by atoms with Crippen LogP contribution in [0.1, 0.15) is 12.5 Å². The summed E-state index contributed by atoms with van der Waals surface area (Å²) in [7, 11) is 0. The Hall–Kier alpha value is -0.780. The van der Waals surface area contributed by atoms with Crippen LogP contribution in [-0.2, 0) is 6.54 Å². The molecule has 2 unspecified atom stereocenters. The molecule has 0 aromatic heterocycles. The lowest BCUT2D eigenvalue weighted by atomic mass is 10.1. The van der Waals surface area contributed by atoms with Gasteiger partial charge in [0.25, 0.3) is 0 Å². The quantitative estimate of drug-likeness (QED) is 0.728. The standard InChI is InChI=1S/C12H18FNO2S/c1-8(11(7-15)17-2)14-6-9-4-3-5-10(13)12(9)16/h3-5,8,11,14-16H,6-7H2,1-2H3. The first-order chi connectivity index (χ1) is 8.10. The number of hydrogen-bond acceptors (Lipinski definition) is 4. The van der Waals surface area contributed by atoms with Crippen molar-refractivity contribution in [2.24, 2.45) is 0 Å². The molecule has 0 aliphatic carbocycles. The lowest BCUT2D eigenvalue weighted by molar-refractivity contribution is 0.275. The van der Waals surface area contributed by atoms with Crippen molar-refractivity contribution in [2.75, 3.05) is 12.9 Å². The first-order valence-electron chi connectivity index (χ1n) is 5.43. The van der Waals surface area contributed by atoms with Crippen molar-refractivity contribution in [1.29, 1.82) is 0 Å². The molecule has 5 heteroatoms. The van der Waals surface area contributed by atoms with Crippen LogP contribution in [0.15, 0.2) is 18.2 Å². The second-order valence-electron chi connectivity index (χ2n) is 3.87. The maximum Gasteiger partial charge on any atom is 0.165 e. The third-order valence-corrected chi connectivity index (χ3v) is 3.89. The summed E-state index contributed by atoms with van der Waals surface area (Å²) in [5, 5.41) is 21.9. The van der Waals surface area contributed by atoms with E-state index in [-0.39, 0.29) is 23.6 Å². The van der Waals surface area contributed by atoms with Gasteiger partial charge in [-0.1, -0.05) is 12.1 Å². The Kier molecular flexibility index (Phi) is 5.74. The predicted octanol–water partition coefficient (Wildman–Crippen LogP) is 1.73. The fourth-order valence-corrected chi connectivity index (χ4v) is 2.20. The Bertz CT molecular complexity index is 358. The molecule has 0 amide bonds. The summed E-state index contributed by atoms with van der Waals surface area (Å²) < 4.78 is 13.1. The number of phenolic OH excluding ortho intramolecular Hbond substituents is 1. The highest BCUT2D eigenvalue weighted by Crippen LogP contribution is 2.21. The number of para-hydroxylation sites is 1. The molecule has 96 valence electrons. The Morgan fingerprint density at radius 1 is 1.47 bits per heavy atom. The number of thioether (sulfide) groups is 1. The van der Waals surface area contributed by atoms with Crippen molar-refractivity contribution in [3.63, 3.8) is 0 Å². The van der Waals surface area contributed by atoms with Gasteiger partial charge in [0.2, 0.25) is 0 Å². The summed E-state index contributed by atoms with van der Waals surface area (Å²) in [6, 6.07) is 4.54. The lowest BCUT2D eigenvalue weighted by Gasteiger charge is -2.21. The van der Waals surface area contributed by atoms with Crippen molar-refractivity contribution in [2.45, 2.75) is 24.8 Å². The minimum atomic E-state index is -0.611. The minimum absolute atomic E-state index is 0.0812. The molecule has 17 heavy (non-hydrogen) atoms. The summed E-state index contributed by atoms with van der Waals surface area (Å²) in [6.07, 6.45) is 1.93. The van der Waals surface area contributed by atoms with Gasteiger partial charge in [-0.05, 0) is 19.2 Å². The van der Waals surface area contributed by atoms with Gasteiger partial charge in [-0.15, -0.1) is 0 Å². The number of nitrogens with one attached hydrogen (secondary N) is 1. The van der Waals surface area contributed by atoms with Crippen LogP contribution >= 0.6 is 11.8 Å². The van der Waals surface area contributed by atoms with Gasteiger partial charge in [0.1, 0.15) is 0 Å². The fraction of sp³-hybridized carbons (Fsp3) is 0.500. The van der Waals surface area contributed by atoms with Crippen molar-refractivity contribution >= 4 is 11.8 Å².